The Kier molecular flexibility index (Phi) is 10.5. The summed E-state index contributed by atoms with van der Waals surface area (Å²) in [7, 11) is -3.94. The molecule has 0 aliphatic heterocycles. The van der Waals surface area contributed by atoms with Crippen LogP contribution in [0.25, 0.3) is 0 Å². The van der Waals surface area contributed by atoms with Crippen molar-refractivity contribution in [2.75, 3.05) is 25.4 Å². The molecule has 0 spiro atoms. The molecule has 1 amide bonds. The number of carbonyl (C=O) groups is 1. The summed E-state index contributed by atoms with van der Waals surface area (Å²) in [5.41, 5.74) is 0.497. The van der Waals surface area contributed by atoms with Gasteiger partial charge in [0.05, 0.1) is 31.4 Å². The first-order valence-electron chi connectivity index (χ1n) is 9.24. The van der Waals surface area contributed by atoms with Crippen molar-refractivity contribution in [1.82, 2.24) is 5.32 Å². The Morgan fingerprint density at radius 1 is 1.12 bits per heavy atom. The molecule has 2 N–H and O–H groups in total. The smallest absolute Gasteiger partial charge is 0.265 e. The minimum Gasteiger partial charge on any atom is -0.350 e. The number of carbonyl (C=O) groups excluding carboxylic acids is 1. The summed E-state index contributed by atoms with van der Waals surface area (Å²) >= 11 is 0. The highest BCUT2D eigenvalue weighted by Gasteiger charge is 2.33. The molecule has 0 aromatic heterocycles. The summed E-state index contributed by atoms with van der Waals surface area (Å²) in [6.07, 6.45) is 3.26. The van der Waals surface area contributed by atoms with E-state index < -0.39 is 10.1 Å². The van der Waals surface area contributed by atoms with E-state index in [9.17, 15) is 13.2 Å². The van der Waals surface area contributed by atoms with Gasteiger partial charge in [0.1, 0.15) is 0 Å². The Balaban J connectivity index is 5.06. The van der Waals surface area contributed by atoms with Crippen molar-refractivity contribution in [3.05, 3.63) is 12.2 Å². The molecule has 0 aromatic rings. The number of quaternary nitrogens is 1. The molecule has 2 atom stereocenters. The highest BCUT2D eigenvalue weighted by molar-refractivity contribution is 7.85. The second-order valence-electron chi connectivity index (χ2n) is 7.26. The summed E-state index contributed by atoms with van der Waals surface area (Å²) in [4.78, 5) is 11.8. The van der Waals surface area contributed by atoms with Gasteiger partial charge >= 0.3 is 0 Å². The highest BCUT2D eigenvalue weighted by atomic mass is 32.2. The lowest BCUT2D eigenvalue weighted by atomic mass is 10.1. The van der Waals surface area contributed by atoms with Gasteiger partial charge < -0.3 is 9.80 Å². The molecule has 0 aliphatic rings. The third-order valence-corrected chi connectivity index (χ3v) is 5.59. The lowest BCUT2D eigenvalue weighted by Gasteiger charge is -2.44. The van der Waals surface area contributed by atoms with Gasteiger partial charge in [-0.1, -0.05) is 20.4 Å². The predicted molar refractivity (Wildman–Crippen MR) is 103 cm³/mol. The fourth-order valence-corrected chi connectivity index (χ4v) is 3.99. The standard InChI is InChI=1S/C18H36N2O4S/c1-7-11-20(12-8-2,17(6)10-14-25(22,23)24)13-9-16(5)19-18(21)15(3)4/h16-17H,3,7-14H2,1-2,4-6H3,(H-,19,21,22,23,24)/p+1. The van der Waals surface area contributed by atoms with Crippen LogP contribution in [0.2, 0.25) is 0 Å². The van der Waals surface area contributed by atoms with Crippen LogP contribution in [0, 0.1) is 0 Å². The van der Waals surface area contributed by atoms with Crippen LogP contribution in [0.5, 0.6) is 0 Å². The van der Waals surface area contributed by atoms with E-state index in [2.05, 4.69) is 32.7 Å². The summed E-state index contributed by atoms with van der Waals surface area (Å²) < 4.78 is 32.1. The van der Waals surface area contributed by atoms with Gasteiger partial charge in [-0.2, -0.15) is 8.42 Å². The first kappa shape index (κ1) is 24.1. The zero-order valence-electron chi connectivity index (χ0n) is 16.5. The second-order valence-corrected chi connectivity index (χ2v) is 8.83. The number of nitrogens with one attached hydrogen (secondary N) is 1. The van der Waals surface area contributed by atoms with Gasteiger partial charge in [-0.25, -0.2) is 0 Å². The van der Waals surface area contributed by atoms with E-state index in [4.69, 9.17) is 4.55 Å². The summed E-state index contributed by atoms with van der Waals surface area (Å²) in [6, 6.07) is 0.162. The monoisotopic (exact) mass is 377 g/mol. The average molecular weight is 378 g/mol. The molecule has 0 aromatic carbocycles. The lowest BCUT2D eigenvalue weighted by molar-refractivity contribution is -0.950. The van der Waals surface area contributed by atoms with E-state index in [0.29, 0.717) is 12.0 Å². The van der Waals surface area contributed by atoms with Crippen molar-refractivity contribution in [2.24, 2.45) is 0 Å². The third-order valence-electron chi connectivity index (χ3n) is 4.84. The lowest BCUT2D eigenvalue weighted by Crippen LogP contribution is -2.57. The van der Waals surface area contributed by atoms with Gasteiger partial charge in [-0.15, -0.1) is 0 Å². The van der Waals surface area contributed by atoms with Crippen LogP contribution in [0.3, 0.4) is 0 Å². The molecule has 0 heterocycles. The summed E-state index contributed by atoms with van der Waals surface area (Å²) in [5.74, 6) is -0.334. The van der Waals surface area contributed by atoms with E-state index in [-0.39, 0.29) is 23.7 Å². The van der Waals surface area contributed by atoms with Crippen LogP contribution in [0.15, 0.2) is 12.2 Å². The van der Waals surface area contributed by atoms with Crippen molar-refractivity contribution in [1.29, 1.82) is 0 Å². The van der Waals surface area contributed by atoms with Crippen molar-refractivity contribution in [3.63, 3.8) is 0 Å². The zero-order valence-corrected chi connectivity index (χ0v) is 17.4. The molecule has 7 heteroatoms. The van der Waals surface area contributed by atoms with E-state index >= 15 is 0 Å². The third kappa shape index (κ3) is 9.37. The largest absolute Gasteiger partial charge is 0.350 e. The maximum Gasteiger partial charge on any atom is 0.265 e. The van der Waals surface area contributed by atoms with Crippen molar-refractivity contribution in [2.45, 2.75) is 72.4 Å². The topological polar surface area (TPSA) is 83.5 Å². The summed E-state index contributed by atoms with van der Waals surface area (Å²) in [6.45, 7) is 16.4. The van der Waals surface area contributed by atoms with Gasteiger partial charge in [0.25, 0.3) is 10.1 Å². The second kappa shape index (κ2) is 10.9. The molecule has 0 aliphatic carbocycles. The fraction of sp³-hybridized carbons (Fsp3) is 0.833. The van der Waals surface area contributed by atoms with E-state index in [1.807, 2.05) is 6.92 Å². The molecule has 0 rings (SSSR count). The molecule has 25 heavy (non-hydrogen) atoms. The van der Waals surface area contributed by atoms with Gasteiger partial charge in [0.15, 0.2) is 0 Å². The quantitative estimate of drug-likeness (QED) is 0.294. The number of rotatable bonds is 13. The first-order chi connectivity index (χ1) is 11.5. The highest BCUT2D eigenvalue weighted by Crippen LogP contribution is 2.21. The first-order valence-corrected chi connectivity index (χ1v) is 10.9. The Morgan fingerprint density at radius 3 is 2.04 bits per heavy atom. The minimum absolute atomic E-state index is 0.0317. The van der Waals surface area contributed by atoms with Gasteiger partial charge in [-0.3, -0.25) is 9.35 Å². The molecule has 0 bridgehead atoms. The van der Waals surface area contributed by atoms with Crippen LogP contribution >= 0.6 is 0 Å². The van der Waals surface area contributed by atoms with Crippen molar-refractivity contribution in [3.8, 4) is 0 Å². The van der Waals surface area contributed by atoms with Gasteiger partial charge in [0, 0.05) is 24.5 Å². The minimum atomic E-state index is -3.94. The molecular weight excluding hydrogens is 340 g/mol. The van der Waals surface area contributed by atoms with Crippen LogP contribution in [-0.2, 0) is 14.9 Å². The average Bonchev–Trinajstić information content (AvgIpc) is 2.49. The van der Waals surface area contributed by atoms with E-state index in [1.54, 1.807) is 6.92 Å². The molecule has 0 radical (unpaired) electrons. The Labute approximate surface area is 154 Å². The zero-order chi connectivity index (χ0) is 19.7. The maximum atomic E-state index is 11.8. The molecule has 2 unspecified atom stereocenters. The Morgan fingerprint density at radius 2 is 1.64 bits per heavy atom. The summed E-state index contributed by atoms with van der Waals surface area (Å²) in [5, 5.41) is 2.95. The van der Waals surface area contributed by atoms with Crippen LogP contribution in [0.1, 0.15) is 60.3 Å². The molecular formula is C18H37N2O4S+. The molecule has 148 valence electrons. The fourth-order valence-electron chi connectivity index (χ4n) is 3.35. The maximum absolute atomic E-state index is 11.8. The van der Waals surface area contributed by atoms with Crippen LogP contribution < -0.4 is 5.32 Å². The predicted octanol–water partition coefficient (Wildman–Crippen LogP) is 2.76. The number of hydrogen-bond acceptors (Lipinski definition) is 3. The number of hydrogen-bond donors (Lipinski definition) is 2. The Hall–Kier alpha value is -0.920. The van der Waals surface area contributed by atoms with Gasteiger partial charge in [0.2, 0.25) is 5.91 Å². The van der Waals surface area contributed by atoms with Crippen LogP contribution in [0.4, 0.5) is 0 Å². The normalized spacial score (nSPS) is 14.8. The van der Waals surface area contributed by atoms with Crippen molar-refractivity contribution < 1.29 is 22.2 Å². The number of nitrogens with zero attached hydrogens (tertiary/aromatic N) is 1. The van der Waals surface area contributed by atoms with E-state index in [1.165, 1.54) is 0 Å². The van der Waals surface area contributed by atoms with Crippen LogP contribution in [-0.4, -0.2) is 60.8 Å². The molecule has 0 fully saturated rings. The SMILES string of the molecule is C=C(C)C(=O)NC(C)CC[N+](CCC)(CCC)C(C)CCS(=O)(=O)O. The Bertz CT molecular complexity index is 525. The van der Waals surface area contributed by atoms with E-state index in [0.717, 1.165) is 43.4 Å². The molecule has 0 saturated carbocycles. The van der Waals surface area contributed by atoms with Gasteiger partial charge in [-0.05, 0) is 33.6 Å². The molecule has 6 nitrogen and oxygen atoms in total. The molecule has 0 saturated heterocycles. The van der Waals surface area contributed by atoms with Crippen molar-refractivity contribution >= 4 is 16.0 Å². The number of amides is 1.